The number of hydrogen-bond donors (Lipinski definition) is 0. The van der Waals surface area contributed by atoms with Gasteiger partial charge in [0.15, 0.2) is 5.82 Å². The van der Waals surface area contributed by atoms with Gasteiger partial charge in [-0.05, 0) is 38.5 Å². The maximum Gasteiger partial charge on any atom is 0.226 e. The van der Waals surface area contributed by atoms with Crippen molar-refractivity contribution in [2.45, 2.75) is 44.9 Å². The summed E-state index contributed by atoms with van der Waals surface area (Å²) in [7, 11) is -3.08. The van der Waals surface area contributed by atoms with E-state index >= 15 is 0 Å². The molecule has 1 atom stereocenters. The first kappa shape index (κ1) is 14.0. The van der Waals surface area contributed by atoms with E-state index in [1.165, 1.54) is 0 Å². The molecule has 1 aromatic heterocycles. The van der Waals surface area contributed by atoms with Gasteiger partial charge in [-0.2, -0.15) is 4.98 Å². The fraction of sp³-hybridized carbons (Fsp3) is 0.846. The second kappa shape index (κ2) is 5.44. The van der Waals surface area contributed by atoms with E-state index in [1.54, 1.807) is 11.2 Å². The van der Waals surface area contributed by atoms with Gasteiger partial charge in [0.05, 0.1) is 5.75 Å². The largest absolute Gasteiger partial charge is 0.339 e. The Morgan fingerprint density at radius 2 is 2.15 bits per heavy atom. The normalized spacial score (nSPS) is 24.9. The van der Waals surface area contributed by atoms with E-state index in [4.69, 9.17) is 4.52 Å². The van der Waals surface area contributed by atoms with Crippen LogP contribution in [0.15, 0.2) is 4.52 Å². The lowest BCUT2D eigenvalue weighted by molar-refractivity contribution is 0.247. The van der Waals surface area contributed by atoms with Gasteiger partial charge >= 0.3 is 0 Å². The number of nitrogens with zero attached hydrogens (tertiary/aromatic N) is 3. The Bertz CT molecular complexity index is 565. The predicted molar refractivity (Wildman–Crippen MR) is 73.7 cm³/mol. The molecule has 2 fully saturated rings. The average molecular weight is 299 g/mol. The van der Waals surface area contributed by atoms with Gasteiger partial charge < -0.3 is 4.52 Å². The quantitative estimate of drug-likeness (QED) is 0.824. The number of aromatic nitrogens is 2. The summed E-state index contributed by atoms with van der Waals surface area (Å²) in [6.45, 7) is 2.92. The standard InChI is InChI=1S/C13H21N3O3S/c1-2-20(17,18)16-7-3-4-10(9-16)8-12-14-13(15-19-12)11-5-6-11/h10-11H,2-9H2,1H3. The minimum atomic E-state index is -3.08. The number of hydrogen-bond acceptors (Lipinski definition) is 5. The molecule has 1 saturated heterocycles. The predicted octanol–water partition coefficient (Wildman–Crippen LogP) is 1.55. The molecular formula is C13H21N3O3S. The minimum absolute atomic E-state index is 0.173. The van der Waals surface area contributed by atoms with Crippen LogP contribution in [0.1, 0.15) is 50.2 Å². The van der Waals surface area contributed by atoms with Crippen LogP contribution in [-0.4, -0.2) is 41.7 Å². The number of sulfonamides is 1. The van der Waals surface area contributed by atoms with E-state index in [-0.39, 0.29) is 11.7 Å². The van der Waals surface area contributed by atoms with E-state index in [0.29, 0.717) is 31.3 Å². The second-order valence-electron chi connectivity index (χ2n) is 5.79. The lowest BCUT2D eigenvalue weighted by Gasteiger charge is -2.30. The summed E-state index contributed by atoms with van der Waals surface area (Å²) in [5.41, 5.74) is 0. The van der Waals surface area contributed by atoms with Crippen LogP contribution in [0, 0.1) is 5.92 Å². The third kappa shape index (κ3) is 3.03. The monoisotopic (exact) mass is 299 g/mol. The summed E-state index contributed by atoms with van der Waals surface area (Å²) in [5, 5.41) is 4.01. The van der Waals surface area contributed by atoms with E-state index in [1.807, 2.05) is 0 Å². The molecule has 2 aliphatic rings. The Kier molecular flexibility index (Phi) is 3.81. The Labute approximate surface area is 119 Å². The van der Waals surface area contributed by atoms with Gasteiger partial charge in [0.2, 0.25) is 15.9 Å². The van der Waals surface area contributed by atoms with Gasteiger partial charge in [0.1, 0.15) is 0 Å². The van der Waals surface area contributed by atoms with Crippen molar-refractivity contribution in [3.05, 3.63) is 11.7 Å². The lowest BCUT2D eigenvalue weighted by atomic mass is 9.96. The fourth-order valence-electron chi connectivity index (χ4n) is 2.73. The van der Waals surface area contributed by atoms with Crippen molar-refractivity contribution in [1.29, 1.82) is 0 Å². The molecule has 112 valence electrons. The van der Waals surface area contributed by atoms with Crippen molar-refractivity contribution >= 4 is 10.0 Å². The molecule has 0 N–H and O–H groups in total. The number of rotatable bonds is 5. The number of piperidine rings is 1. The summed E-state index contributed by atoms with van der Waals surface area (Å²) in [6.07, 6.45) is 4.94. The molecule has 20 heavy (non-hydrogen) atoms. The summed E-state index contributed by atoms with van der Waals surface area (Å²) in [6, 6.07) is 0. The van der Waals surface area contributed by atoms with Crippen LogP contribution in [0.25, 0.3) is 0 Å². The Morgan fingerprint density at radius 1 is 1.35 bits per heavy atom. The van der Waals surface area contributed by atoms with Crippen molar-refractivity contribution in [3.8, 4) is 0 Å². The van der Waals surface area contributed by atoms with E-state index in [9.17, 15) is 8.42 Å². The molecule has 3 rings (SSSR count). The van der Waals surface area contributed by atoms with Gasteiger partial charge in [0, 0.05) is 25.4 Å². The van der Waals surface area contributed by atoms with E-state index in [2.05, 4.69) is 10.1 Å². The second-order valence-corrected chi connectivity index (χ2v) is 8.05. The lowest BCUT2D eigenvalue weighted by Crippen LogP contribution is -2.41. The summed E-state index contributed by atoms with van der Waals surface area (Å²) >= 11 is 0. The average Bonchev–Trinajstić information content (AvgIpc) is 3.20. The zero-order valence-corrected chi connectivity index (χ0v) is 12.6. The van der Waals surface area contributed by atoms with Gasteiger partial charge in [-0.25, -0.2) is 12.7 Å². The van der Waals surface area contributed by atoms with Crippen molar-refractivity contribution in [3.63, 3.8) is 0 Å². The molecule has 6 nitrogen and oxygen atoms in total. The molecule has 1 aliphatic carbocycles. The SMILES string of the molecule is CCS(=O)(=O)N1CCCC(Cc2nc(C3CC3)no2)C1. The maximum absolute atomic E-state index is 11.9. The third-order valence-electron chi connectivity index (χ3n) is 4.13. The molecule has 2 heterocycles. The van der Waals surface area contributed by atoms with Gasteiger partial charge in [-0.15, -0.1) is 0 Å². The molecule has 0 amide bonds. The zero-order valence-electron chi connectivity index (χ0n) is 11.8. The summed E-state index contributed by atoms with van der Waals surface area (Å²) in [4.78, 5) is 4.43. The van der Waals surface area contributed by atoms with E-state index < -0.39 is 10.0 Å². The summed E-state index contributed by atoms with van der Waals surface area (Å²) < 4.78 is 30.8. The van der Waals surface area contributed by atoms with E-state index in [0.717, 1.165) is 31.5 Å². The molecular weight excluding hydrogens is 278 g/mol. The Morgan fingerprint density at radius 3 is 2.85 bits per heavy atom. The van der Waals surface area contributed by atoms with Crippen molar-refractivity contribution in [2.24, 2.45) is 5.92 Å². The Hall–Kier alpha value is -0.950. The smallest absolute Gasteiger partial charge is 0.226 e. The van der Waals surface area contributed by atoms with Crippen LogP contribution in [0.4, 0.5) is 0 Å². The summed E-state index contributed by atoms with van der Waals surface area (Å²) in [5.74, 6) is 2.45. The molecule has 1 unspecified atom stereocenters. The van der Waals surface area contributed by atoms with Gasteiger partial charge in [-0.3, -0.25) is 0 Å². The maximum atomic E-state index is 11.9. The van der Waals surface area contributed by atoms with Crippen molar-refractivity contribution < 1.29 is 12.9 Å². The van der Waals surface area contributed by atoms with Gasteiger partial charge in [0.25, 0.3) is 0 Å². The molecule has 0 radical (unpaired) electrons. The highest BCUT2D eigenvalue weighted by Gasteiger charge is 2.31. The highest BCUT2D eigenvalue weighted by atomic mass is 32.2. The molecule has 1 aromatic rings. The fourth-order valence-corrected chi connectivity index (χ4v) is 3.94. The van der Waals surface area contributed by atoms with Crippen LogP contribution >= 0.6 is 0 Å². The van der Waals surface area contributed by atoms with Crippen LogP contribution in [-0.2, 0) is 16.4 Å². The third-order valence-corrected chi connectivity index (χ3v) is 5.98. The topological polar surface area (TPSA) is 76.3 Å². The first-order valence-electron chi connectivity index (χ1n) is 7.39. The molecule has 7 heteroatoms. The molecule has 0 bridgehead atoms. The first-order chi connectivity index (χ1) is 9.58. The van der Waals surface area contributed by atoms with Crippen LogP contribution in [0.5, 0.6) is 0 Å². The Balaban J connectivity index is 1.61. The molecule has 1 aliphatic heterocycles. The van der Waals surface area contributed by atoms with Crippen molar-refractivity contribution in [2.75, 3.05) is 18.8 Å². The highest BCUT2D eigenvalue weighted by Crippen LogP contribution is 2.38. The van der Waals surface area contributed by atoms with Crippen LogP contribution in [0.2, 0.25) is 0 Å². The first-order valence-corrected chi connectivity index (χ1v) is 8.99. The van der Waals surface area contributed by atoms with Crippen LogP contribution < -0.4 is 0 Å². The van der Waals surface area contributed by atoms with Gasteiger partial charge in [-0.1, -0.05) is 5.16 Å². The molecule has 0 spiro atoms. The molecule has 0 aromatic carbocycles. The zero-order chi connectivity index (χ0) is 14.2. The molecule has 1 saturated carbocycles. The van der Waals surface area contributed by atoms with Crippen LogP contribution in [0.3, 0.4) is 0 Å². The van der Waals surface area contributed by atoms with Crippen molar-refractivity contribution in [1.82, 2.24) is 14.4 Å². The highest BCUT2D eigenvalue weighted by molar-refractivity contribution is 7.89. The minimum Gasteiger partial charge on any atom is -0.339 e.